The molecule has 0 saturated heterocycles. The van der Waals surface area contributed by atoms with Gasteiger partial charge in [0, 0.05) is 23.1 Å². The van der Waals surface area contributed by atoms with Crippen molar-refractivity contribution in [1.82, 2.24) is 4.57 Å². The van der Waals surface area contributed by atoms with E-state index in [1.54, 1.807) is 0 Å². The summed E-state index contributed by atoms with van der Waals surface area (Å²) in [6.45, 7) is 7.59. The molecule has 3 aromatic carbocycles. The summed E-state index contributed by atoms with van der Waals surface area (Å²) in [5.41, 5.74) is 6.46. The highest BCUT2D eigenvalue weighted by Gasteiger charge is 2.17. The molecule has 0 saturated carbocycles. The van der Waals surface area contributed by atoms with Crippen molar-refractivity contribution in [1.29, 1.82) is 0 Å². The lowest BCUT2D eigenvalue weighted by Crippen LogP contribution is -2.06. The molecule has 4 rings (SSSR count). The summed E-state index contributed by atoms with van der Waals surface area (Å²) in [5, 5.41) is 10.4. The monoisotopic (exact) mass is 427 g/mol. The molecular formula is C28H29NO3. The molecular weight excluding hydrogens is 398 g/mol. The van der Waals surface area contributed by atoms with E-state index in [0.29, 0.717) is 19.1 Å². The van der Waals surface area contributed by atoms with Gasteiger partial charge in [0.1, 0.15) is 12.4 Å². The summed E-state index contributed by atoms with van der Waals surface area (Å²) in [5.74, 6) is 0.428. The van der Waals surface area contributed by atoms with Crippen LogP contribution in [0.25, 0.3) is 10.9 Å². The Morgan fingerprint density at radius 1 is 0.969 bits per heavy atom. The zero-order chi connectivity index (χ0) is 22.7. The van der Waals surface area contributed by atoms with Crippen LogP contribution in [-0.2, 0) is 24.4 Å². The van der Waals surface area contributed by atoms with Gasteiger partial charge in [-0.15, -0.1) is 0 Å². The topological polar surface area (TPSA) is 51.5 Å². The SMILES string of the molecule is Cc1c(CC(=O)O)c2ccccc2n1Cc1ccc(OCc2ccccc2)c(C(C)C)c1. The first-order chi connectivity index (χ1) is 15.4. The number of para-hydroxylation sites is 1. The number of nitrogens with zero attached hydrogens (tertiary/aromatic N) is 1. The molecule has 4 nitrogen and oxygen atoms in total. The van der Waals surface area contributed by atoms with Crippen molar-refractivity contribution in [3.05, 3.63) is 101 Å². The van der Waals surface area contributed by atoms with Gasteiger partial charge in [-0.3, -0.25) is 4.79 Å². The molecule has 0 aliphatic rings. The molecule has 0 spiro atoms. The number of carboxylic acids is 1. The second-order valence-electron chi connectivity index (χ2n) is 8.54. The Labute approximate surface area is 189 Å². The molecule has 164 valence electrons. The third kappa shape index (κ3) is 4.54. The van der Waals surface area contributed by atoms with E-state index in [1.807, 2.05) is 43.3 Å². The van der Waals surface area contributed by atoms with Crippen LogP contribution >= 0.6 is 0 Å². The third-order valence-electron chi connectivity index (χ3n) is 5.96. The van der Waals surface area contributed by atoms with Gasteiger partial charge in [-0.2, -0.15) is 0 Å². The minimum atomic E-state index is -0.807. The van der Waals surface area contributed by atoms with Crippen LogP contribution in [0.15, 0.2) is 72.8 Å². The molecule has 1 N–H and O–H groups in total. The quantitative estimate of drug-likeness (QED) is 0.358. The van der Waals surface area contributed by atoms with Crippen LogP contribution in [0.3, 0.4) is 0 Å². The lowest BCUT2D eigenvalue weighted by Gasteiger charge is -2.17. The Morgan fingerprint density at radius 2 is 1.69 bits per heavy atom. The molecule has 1 heterocycles. The molecule has 0 aliphatic carbocycles. The predicted molar refractivity (Wildman–Crippen MR) is 128 cm³/mol. The second-order valence-corrected chi connectivity index (χ2v) is 8.54. The Bertz CT molecular complexity index is 1240. The number of aliphatic carboxylic acids is 1. The number of aromatic nitrogens is 1. The highest BCUT2D eigenvalue weighted by molar-refractivity contribution is 5.89. The first-order valence-electron chi connectivity index (χ1n) is 11.0. The number of hydrogen-bond donors (Lipinski definition) is 1. The van der Waals surface area contributed by atoms with Crippen LogP contribution < -0.4 is 4.74 Å². The summed E-state index contributed by atoms with van der Waals surface area (Å²) >= 11 is 0. The van der Waals surface area contributed by atoms with E-state index in [1.165, 1.54) is 11.1 Å². The largest absolute Gasteiger partial charge is 0.489 e. The Kier molecular flexibility index (Phi) is 6.31. The molecule has 32 heavy (non-hydrogen) atoms. The number of ether oxygens (including phenoxy) is 1. The fraction of sp³-hybridized carbons (Fsp3) is 0.250. The van der Waals surface area contributed by atoms with Gasteiger partial charge in [-0.25, -0.2) is 0 Å². The van der Waals surface area contributed by atoms with E-state index in [-0.39, 0.29) is 6.42 Å². The smallest absolute Gasteiger partial charge is 0.307 e. The van der Waals surface area contributed by atoms with E-state index in [4.69, 9.17) is 4.74 Å². The second kappa shape index (κ2) is 9.31. The Balaban J connectivity index is 1.65. The maximum Gasteiger partial charge on any atom is 0.307 e. The van der Waals surface area contributed by atoms with Crippen LogP contribution in [0, 0.1) is 6.92 Å². The average Bonchev–Trinajstić information content (AvgIpc) is 3.04. The molecule has 1 aromatic heterocycles. The van der Waals surface area contributed by atoms with Crippen molar-refractivity contribution in [2.45, 2.75) is 46.3 Å². The van der Waals surface area contributed by atoms with Gasteiger partial charge in [0.05, 0.1) is 6.42 Å². The number of carbonyl (C=O) groups is 1. The van der Waals surface area contributed by atoms with Crippen LogP contribution in [0.2, 0.25) is 0 Å². The molecule has 0 unspecified atom stereocenters. The average molecular weight is 428 g/mol. The lowest BCUT2D eigenvalue weighted by molar-refractivity contribution is -0.136. The fourth-order valence-corrected chi connectivity index (χ4v) is 4.28. The normalized spacial score (nSPS) is 11.2. The van der Waals surface area contributed by atoms with Crippen LogP contribution in [0.4, 0.5) is 0 Å². The Hall–Kier alpha value is -3.53. The van der Waals surface area contributed by atoms with Gasteiger partial charge < -0.3 is 14.4 Å². The highest BCUT2D eigenvalue weighted by Crippen LogP contribution is 2.31. The standard InChI is InChI=1S/C28H29NO3/c1-19(2)24-15-22(13-14-27(24)32-18-21-9-5-4-6-10-21)17-29-20(3)25(16-28(30)31)23-11-7-8-12-26(23)29/h4-15,19H,16-18H2,1-3H3,(H,30,31). The van der Waals surface area contributed by atoms with Crippen molar-refractivity contribution in [2.75, 3.05) is 0 Å². The zero-order valence-corrected chi connectivity index (χ0v) is 18.8. The maximum absolute atomic E-state index is 11.4. The van der Waals surface area contributed by atoms with Crippen molar-refractivity contribution in [3.63, 3.8) is 0 Å². The molecule has 0 radical (unpaired) electrons. The number of rotatable bonds is 8. The van der Waals surface area contributed by atoms with Gasteiger partial charge in [0.15, 0.2) is 0 Å². The predicted octanol–water partition coefficient (Wildman–Crippen LogP) is 6.33. The molecule has 4 aromatic rings. The first-order valence-corrected chi connectivity index (χ1v) is 11.0. The van der Waals surface area contributed by atoms with Crippen LogP contribution in [-0.4, -0.2) is 15.6 Å². The van der Waals surface area contributed by atoms with Crippen LogP contribution in [0.5, 0.6) is 5.75 Å². The molecule has 0 aliphatic heterocycles. The van der Waals surface area contributed by atoms with E-state index in [9.17, 15) is 9.90 Å². The van der Waals surface area contributed by atoms with E-state index < -0.39 is 5.97 Å². The molecule has 0 bridgehead atoms. The van der Waals surface area contributed by atoms with Crippen molar-refractivity contribution < 1.29 is 14.6 Å². The van der Waals surface area contributed by atoms with Gasteiger partial charge in [-0.05, 0) is 47.2 Å². The van der Waals surface area contributed by atoms with Crippen LogP contribution in [0.1, 0.15) is 47.7 Å². The first kappa shape index (κ1) is 21.7. The van der Waals surface area contributed by atoms with Gasteiger partial charge >= 0.3 is 5.97 Å². The van der Waals surface area contributed by atoms with Crippen molar-refractivity contribution in [2.24, 2.45) is 0 Å². The van der Waals surface area contributed by atoms with Crippen molar-refractivity contribution in [3.8, 4) is 5.75 Å². The van der Waals surface area contributed by atoms with E-state index in [2.05, 4.69) is 54.8 Å². The summed E-state index contributed by atoms with van der Waals surface area (Å²) in [6.07, 6.45) is 0.0306. The molecule has 0 amide bonds. The summed E-state index contributed by atoms with van der Waals surface area (Å²) in [7, 11) is 0. The highest BCUT2D eigenvalue weighted by atomic mass is 16.5. The minimum absolute atomic E-state index is 0.0306. The van der Waals surface area contributed by atoms with E-state index >= 15 is 0 Å². The molecule has 0 fully saturated rings. The van der Waals surface area contributed by atoms with E-state index in [0.717, 1.165) is 33.5 Å². The summed E-state index contributed by atoms with van der Waals surface area (Å²) < 4.78 is 8.38. The zero-order valence-electron chi connectivity index (χ0n) is 18.8. The summed E-state index contributed by atoms with van der Waals surface area (Å²) in [6, 6.07) is 24.6. The Morgan fingerprint density at radius 3 is 2.41 bits per heavy atom. The molecule has 4 heteroatoms. The number of fused-ring (bicyclic) bond motifs is 1. The number of benzene rings is 3. The fourth-order valence-electron chi connectivity index (χ4n) is 4.28. The van der Waals surface area contributed by atoms with Gasteiger partial charge in [0.25, 0.3) is 0 Å². The lowest BCUT2D eigenvalue weighted by atomic mass is 9.99. The third-order valence-corrected chi connectivity index (χ3v) is 5.96. The number of carboxylic acid groups (broad SMARTS) is 1. The van der Waals surface area contributed by atoms with Gasteiger partial charge in [-0.1, -0.05) is 74.5 Å². The number of hydrogen-bond acceptors (Lipinski definition) is 2. The molecule has 0 atom stereocenters. The van der Waals surface area contributed by atoms with Gasteiger partial charge in [0.2, 0.25) is 0 Å². The summed E-state index contributed by atoms with van der Waals surface area (Å²) in [4.78, 5) is 11.4. The van der Waals surface area contributed by atoms with Crippen molar-refractivity contribution >= 4 is 16.9 Å². The maximum atomic E-state index is 11.4. The minimum Gasteiger partial charge on any atom is -0.489 e.